The summed E-state index contributed by atoms with van der Waals surface area (Å²) in [4.78, 5) is 2.23. The number of ether oxygens (including phenoxy) is 1. The summed E-state index contributed by atoms with van der Waals surface area (Å²) in [6.45, 7) is 3.05. The van der Waals surface area contributed by atoms with Crippen molar-refractivity contribution in [1.29, 1.82) is 5.26 Å². The van der Waals surface area contributed by atoms with Crippen molar-refractivity contribution in [3.63, 3.8) is 0 Å². The van der Waals surface area contributed by atoms with Crippen LogP contribution < -0.4 is 4.74 Å². The maximum Gasteiger partial charge on any atom is 0.297 e. The summed E-state index contributed by atoms with van der Waals surface area (Å²) in [5, 5.41) is 63.6. The number of hydrogen-bond acceptors (Lipinski definition) is 21. The molecule has 0 fully saturated rings. The molecular weight excluding hydrogens is 927 g/mol. The average molecular weight is 954 g/mol. The molecule has 0 aliphatic carbocycles. The Hall–Kier alpha value is -6.58. The van der Waals surface area contributed by atoms with Crippen LogP contribution in [0.25, 0.3) is 27.5 Å². The van der Waals surface area contributed by atoms with Crippen LogP contribution >= 0.6 is 23.1 Å². The maximum absolute atomic E-state index is 12.9. The Morgan fingerprint density at radius 1 is 0.825 bits per heavy atom. The number of aryl methyl sites for hydroxylation is 1. The first kappa shape index (κ1) is 44.5. The summed E-state index contributed by atoms with van der Waals surface area (Å²) in [6, 6.07) is 14.2. The van der Waals surface area contributed by atoms with Crippen molar-refractivity contribution in [2.75, 3.05) is 18.6 Å². The summed E-state index contributed by atoms with van der Waals surface area (Å²) in [6.07, 6.45) is 0. The van der Waals surface area contributed by atoms with Crippen LogP contribution in [-0.4, -0.2) is 87.3 Å². The third-order valence-electron chi connectivity index (χ3n) is 8.97. The lowest BCUT2D eigenvalue weighted by molar-refractivity contribution is 0.416. The highest BCUT2D eigenvalue weighted by atomic mass is 32.2. The fourth-order valence-corrected chi connectivity index (χ4v) is 10.1. The van der Waals surface area contributed by atoms with E-state index in [0.29, 0.717) is 27.0 Å². The van der Waals surface area contributed by atoms with Crippen LogP contribution in [-0.2, 0) is 30.4 Å². The highest BCUT2D eigenvalue weighted by Crippen LogP contribution is 2.47. The number of benzene rings is 4. The van der Waals surface area contributed by atoms with Crippen molar-refractivity contribution >= 4 is 114 Å². The first-order valence-corrected chi connectivity index (χ1v) is 23.6. The zero-order valence-electron chi connectivity index (χ0n) is 32.2. The van der Waals surface area contributed by atoms with E-state index < -0.39 is 79.7 Å². The molecule has 28 heteroatoms. The Morgan fingerprint density at radius 3 is 2.21 bits per heavy atom. The number of nitriles is 1. The van der Waals surface area contributed by atoms with E-state index in [9.17, 15) is 49.8 Å². The lowest BCUT2D eigenvalue weighted by Gasteiger charge is -2.13. The summed E-state index contributed by atoms with van der Waals surface area (Å²) in [5.41, 5.74) is 0.0302. The fraction of sp³-hybridized carbons (Fsp3) is 0.143. The molecule has 324 valence electrons. The Balaban J connectivity index is 1.27. The van der Waals surface area contributed by atoms with Gasteiger partial charge in [-0.1, -0.05) is 35.2 Å². The molecule has 0 aliphatic heterocycles. The van der Waals surface area contributed by atoms with Crippen LogP contribution in [0.15, 0.2) is 99.4 Å². The largest absolute Gasteiger partial charge is 0.505 e. The van der Waals surface area contributed by atoms with Crippen LogP contribution in [0.3, 0.4) is 0 Å². The Labute approximate surface area is 363 Å². The molecule has 0 amide bonds. The topological polar surface area (TPSA) is 354 Å². The molecule has 7 rings (SSSR count). The molecule has 0 saturated heterocycles. The monoisotopic (exact) mass is 953 g/mol. The molecule has 0 atom stereocenters. The van der Waals surface area contributed by atoms with Crippen molar-refractivity contribution in [3.8, 4) is 23.4 Å². The minimum Gasteiger partial charge on any atom is -0.505 e. The number of nitrogens with zero attached hydrogens (tertiary/aromatic N) is 11. The lowest BCUT2D eigenvalue weighted by Crippen LogP contribution is -2.05. The zero-order valence-corrected chi connectivity index (χ0v) is 36.2. The summed E-state index contributed by atoms with van der Waals surface area (Å²) in [7, 11) is -13.5. The molecule has 5 N–H and O–H groups in total. The number of rotatable bonds is 13. The molecular formula is C35H27N11O12S5. The molecule has 0 aliphatic rings. The molecule has 23 nitrogen and oxygen atoms in total. The van der Waals surface area contributed by atoms with Gasteiger partial charge >= 0.3 is 0 Å². The second kappa shape index (κ2) is 16.9. The van der Waals surface area contributed by atoms with Crippen LogP contribution in [0.2, 0.25) is 0 Å². The SMILES string of the molecule is COc1cc(N=Nc2nnc(SCCS(=O)(=O)O)s2)c(C)cc1N=Nc1c(S(=O)(=O)O)cc2c(S(=O)(=O)O)c(N=Nc3c(C)c(C#N)c4nc5ccccc5n4c3O)ccc2c1O. The Morgan fingerprint density at radius 2 is 1.52 bits per heavy atom. The highest BCUT2D eigenvalue weighted by Gasteiger charge is 2.29. The predicted molar refractivity (Wildman–Crippen MR) is 226 cm³/mol. The molecule has 0 bridgehead atoms. The van der Waals surface area contributed by atoms with E-state index in [-0.39, 0.29) is 50.5 Å². The molecule has 7 aromatic rings. The van der Waals surface area contributed by atoms with Gasteiger partial charge in [-0.05, 0) is 55.8 Å². The number of aromatic hydroxyl groups is 2. The second-order valence-electron chi connectivity index (χ2n) is 13.0. The van der Waals surface area contributed by atoms with E-state index in [0.717, 1.165) is 35.2 Å². The summed E-state index contributed by atoms with van der Waals surface area (Å²) >= 11 is 2.05. The second-order valence-corrected chi connectivity index (χ2v) is 19.6. The minimum absolute atomic E-state index is 0.0135. The number of thioether (sulfide) groups is 1. The molecule has 0 spiro atoms. The minimum atomic E-state index is -5.34. The van der Waals surface area contributed by atoms with Crippen LogP contribution in [0.4, 0.5) is 33.6 Å². The third-order valence-corrected chi connectivity index (χ3v) is 13.7. The molecule has 3 aromatic heterocycles. The van der Waals surface area contributed by atoms with Gasteiger partial charge in [-0.15, -0.1) is 40.9 Å². The molecule has 0 unspecified atom stereocenters. The van der Waals surface area contributed by atoms with Gasteiger partial charge in [0, 0.05) is 28.2 Å². The van der Waals surface area contributed by atoms with Gasteiger partial charge < -0.3 is 14.9 Å². The van der Waals surface area contributed by atoms with Gasteiger partial charge in [0.25, 0.3) is 35.5 Å². The smallest absolute Gasteiger partial charge is 0.297 e. The number of para-hydroxylation sites is 2. The summed E-state index contributed by atoms with van der Waals surface area (Å²) in [5.74, 6) is -1.94. The van der Waals surface area contributed by atoms with Crippen molar-refractivity contribution in [2.45, 2.75) is 28.0 Å². The average Bonchev–Trinajstić information content (AvgIpc) is 3.83. The van der Waals surface area contributed by atoms with E-state index >= 15 is 0 Å². The van der Waals surface area contributed by atoms with Crippen molar-refractivity contribution < 1.29 is 53.9 Å². The number of azo groups is 3. The molecule has 4 aromatic carbocycles. The van der Waals surface area contributed by atoms with Gasteiger partial charge in [-0.25, -0.2) is 4.98 Å². The van der Waals surface area contributed by atoms with E-state index in [1.165, 1.54) is 30.6 Å². The number of fused-ring (bicyclic) bond motifs is 4. The maximum atomic E-state index is 12.9. The number of phenolic OH excluding ortho intramolecular Hbond substituents is 1. The first-order chi connectivity index (χ1) is 29.7. The number of phenols is 1. The standard InChI is InChI=1S/C35H27N11O12S5/c1-16-12-24(26(58-3)14-23(16)39-43-34-44-45-35(60-34)59-10-11-61(49,50)51)40-42-29-27(62(52,53)54)13-19-18(30(29)47)8-9-22(31(19)63(55,56)57)38-41-28-17(2)20(15-36)32-37-21-6-4-5-7-25(21)46(32)33(28)48/h4-9,12-14,47-48H,10-11H2,1-3H3,(H,49,50,51)(H,52,53,54)(H,55,56,57). The summed E-state index contributed by atoms with van der Waals surface area (Å²) < 4.78 is 110. The van der Waals surface area contributed by atoms with Gasteiger partial charge in [-0.2, -0.15) is 30.5 Å². The lowest BCUT2D eigenvalue weighted by atomic mass is 10.1. The Bertz CT molecular complexity index is 3530. The van der Waals surface area contributed by atoms with E-state index in [4.69, 9.17) is 9.29 Å². The number of pyridine rings is 1. The van der Waals surface area contributed by atoms with Gasteiger partial charge in [0.15, 0.2) is 21.4 Å². The number of hydrogen-bond donors (Lipinski definition) is 5. The van der Waals surface area contributed by atoms with Gasteiger partial charge in [0.2, 0.25) is 5.88 Å². The van der Waals surface area contributed by atoms with Crippen LogP contribution in [0.1, 0.15) is 16.7 Å². The van der Waals surface area contributed by atoms with Crippen molar-refractivity contribution in [3.05, 3.63) is 71.3 Å². The van der Waals surface area contributed by atoms with E-state index in [1.54, 1.807) is 31.2 Å². The van der Waals surface area contributed by atoms with Gasteiger partial charge in [-0.3, -0.25) is 18.1 Å². The Kier molecular flexibility index (Phi) is 12.0. The van der Waals surface area contributed by atoms with Crippen molar-refractivity contribution in [1.82, 2.24) is 19.6 Å². The molecule has 0 saturated carbocycles. The molecule has 3 heterocycles. The molecule has 0 radical (unpaired) electrons. The normalized spacial score (nSPS) is 12.8. The third kappa shape index (κ3) is 9.02. The van der Waals surface area contributed by atoms with Crippen LogP contribution in [0, 0.1) is 25.2 Å². The molecule has 63 heavy (non-hydrogen) atoms. The fourth-order valence-electron chi connectivity index (χ4n) is 6.10. The van der Waals surface area contributed by atoms with Crippen LogP contribution in [0.5, 0.6) is 17.4 Å². The highest BCUT2D eigenvalue weighted by molar-refractivity contribution is 8.01. The predicted octanol–water partition coefficient (Wildman–Crippen LogP) is 8.12. The van der Waals surface area contributed by atoms with Gasteiger partial charge in [0.05, 0.1) is 29.6 Å². The number of methoxy groups -OCH3 is 1. The number of aromatic nitrogens is 4. The van der Waals surface area contributed by atoms with E-state index in [1.807, 2.05) is 6.07 Å². The zero-order chi connectivity index (χ0) is 45.6. The van der Waals surface area contributed by atoms with Gasteiger partial charge in [0.1, 0.15) is 44.2 Å². The van der Waals surface area contributed by atoms with E-state index in [2.05, 4.69) is 45.9 Å². The first-order valence-electron chi connectivity index (χ1n) is 17.4. The van der Waals surface area contributed by atoms with Crippen molar-refractivity contribution in [2.24, 2.45) is 30.7 Å². The quantitative estimate of drug-likeness (QED) is 0.0413. The number of imidazole rings is 1.